The zero-order valence-electron chi connectivity index (χ0n) is 13.1. The number of piperidine rings is 1. The number of urea groups is 1. The van der Waals surface area contributed by atoms with Crippen molar-refractivity contribution in [2.75, 3.05) is 37.7 Å². The van der Waals surface area contributed by atoms with Gasteiger partial charge in [0.25, 0.3) is 5.91 Å². The number of imide groups is 1. The van der Waals surface area contributed by atoms with Crippen LogP contribution in [0.15, 0.2) is 0 Å². The first-order valence-corrected chi connectivity index (χ1v) is 9.28. The van der Waals surface area contributed by atoms with E-state index in [4.69, 9.17) is 0 Å². The third-order valence-electron chi connectivity index (χ3n) is 5.01. The number of aliphatic hydroxyl groups is 1. The van der Waals surface area contributed by atoms with Crippen molar-refractivity contribution >= 4 is 23.7 Å². The number of aliphatic hydroxyl groups excluding tert-OH is 1. The van der Waals surface area contributed by atoms with Crippen LogP contribution in [-0.4, -0.2) is 76.2 Å². The van der Waals surface area contributed by atoms with Crippen LogP contribution in [0.5, 0.6) is 0 Å². The normalized spacial score (nSPS) is 32.0. The summed E-state index contributed by atoms with van der Waals surface area (Å²) in [5, 5.41) is 13.1. The summed E-state index contributed by atoms with van der Waals surface area (Å²) in [5.74, 6) is 2.13. The Balaban J connectivity index is 1.54. The van der Waals surface area contributed by atoms with Gasteiger partial charge < -0.3 is 15.3 Å². The molecule has 1 spiro atoms. The number of hydrogen-bond acceptors (Lipinski definition) is 5. The number of nitrogens with zero attached hydrogens (tertiary/aromatic N) is 2. The van der Waals surface area contributed by atoms with E-state index in [-0.39, 0.29) is 18.5 Å². The third kappa shape index (κ3) is 3.12. The fourth-order valence-electron chi connectivity index (χ4n) is 3.49. The molecule has 3 heterocycles. The van der Waals surface area contributed by atoms with Gasteiger partial charge in [0, 0.05) is 12.3 Å². The highest BCUT2D eigenvalue weighted by atomic mass is 32.2. The van der Waals surface area contributed by atoms with Crippen LogP contribution in [0.4, 0.5) is 4.79 Å². The van der Waals surface area contributed by atoms with Gasteiger partial charge in [-0.2, -0.15) is 11.8 Å². The summed E-state index contributed by atoms with van der Waals surface area (Å²) in [5.41, 5.74) is -0.706. The molecule has 0 bridgehead atoms. The maximum atomic E-state index is 12.5. The molecule has 7 heteroatoms. The van der Waals surface area contributed by atoms with E-state index < -0.39 is 11.6 Å². The second kappa shape index (κ2) is 6.37. The van der Waals surface area contributed by atoms with Crippen LogP contribution >= 0.6 is 11.8 Å². The molecule has 3 aliphatic heterocycles. The van der Waals surface area contributed by atoms with E-state index in [9.17, 15) is 14.7 Å². The Labute approximate surface area is 135 Å². The predicted octanol–water partition coefficient (Wildman–Crippen LogP) is 0.507. The number of β-amino-alcohol motifs (C(OH)–C–C–N with tert-alkyl or cyclic N) is 1. The molecule has 0 unspecified atom stereocenters. The summed E-state index contributed by atoms with van der Waals surface area (Å²) in [6.45, 7) is 4.85. The van der Waals surface area contributed by atoms with Crippen molar-refractivity contribution in [3.63, 3.8) is 0 Å². The molecule has 22 heavy (non-hydrogen) atoms. The molecule has 2 N–H and O–H groups in total. The van der Waals surface area contributed by atoms with E-state index in [2.05, 4.69) is 17.1 Å². The van der Waals surface area contributed by atoms with Gasteiger partial charge >= 0.3 is 6.03 Å². The first kappa shape index (κ1) is 16.1. The average Bonchev–Trinajstić information content (AvgIpc) is 3.03. The minimum atomic E-state index is -0.706. The molecule has 6 nitrogen and oxygen atoms in total. The molecule has 0 aromatic rings. The topological polar surface area (TPSA) is 72.9 Å². The van der Waals surface area contributed by atoms with Gasteiger partial charge in [0.2, 0.25) is 0 Å². The maximum absolute atomic E-state index is 12.5. The van der Waals surface area contributed by atoms with Gasteiger partial charge in [-0.15, -0.1) is 0 Å². The number of hydrogen-bond donors (Lipinski definition) is 2. The summed E-state index contributed by atoms with van der Waals surface area (Å²) in [7, 11) is 0. The van der Waals surface area contributed by atoms with E-state index in [1.54, 1.807) is 11.8 Å². The third-order valence-corrected chi connectivity index (χ3v) is 6.20. The van der Waals surface area contributed by atoms with Crippen molar-refractivity contribution in [3.05, 3.63) is 0 Å². The fraction of sp³-hybridized carbons (Fsp3) is 0.867. The van der Waals surface area contributed by atoms with E-state index in [1.165, 1.54) is 4.90 Å². The van der Waals surface area contributed by atoms with Gasteiger partial charge in [-0.1, -0.05) is 6.92 Å². The Kier molecular flexibility index (Phi) is 4.66. The summed E-state index contributed by atoms with van der Waals surface area (Å²) in [6.07, 6.45) is 2.32. The van der Waals surface area contributed by atoms with Gasteiger partial charge in [0.1, 0.15) is 5.54 Å². The highest BCUT2D eigenvalue weighted by Crippen LogP contribution is 2.33. The smallest absolute Gasteiger partial charge is 0.325 e. The summed E-state index contributed by atoms with van der Waals surface area (Å²) >= 11 is 1.69. The summed E-state index contributed by atoms with van der Waals surface area (Å²) in [4.78, 5) is 28.0. The standard InChI is InChI=1S/C15H25N3O3S/c1-11-2-5-17(6-3-11)8-12(19)9-18-13(20)15(16-14(18)21)4-7-22-10-15/h11-12,19H,2-10H2,1H3,(H,16,21)/t12-,15+/m1/s1. The van der Waals surface area contributed by atoms with Gasteiger partial charge in [0.15, 0.2) is 0 Å². The number of rotatable bonds is 4. The van der Waals surface area contributed by atoms with E-state index in [0.717, 1.165) is 37.6 Å². The predicted molar refractivity (Wildman–Crippen MR) is 85.8 cm³/mol. The van der Waals surface area contributed by atoms with E-state index in [0.29, 0.717) is 18.7 Å². The van der Waals surface area contributed by atoms with Crippen LogP contribution in [0.2, 0.25) is 0 Å². The Morgan fingerprint density at radius 3 is 2.73 bits per heavy atom. The molecule has 124 valence electrons. The van der Waals surface area contributed by atoms with E-state index >= 15 is 0 Å². The minimum Gasteiger partial charge on any atom is -0.390 e. The van der Waals surface area contributed by atoms with Gasteiger partial charge in [-0.05, 0) is 44.0 Å². The minimum absolute atomic E-state index is 0.100. The van der Waals surface area contributed by atoms with Crippen LogP contribution in [0, 0.1) is 5.92 Å². The lowest BCUT2D eigenvalue weighted by atomic mass is 9.98. The quantitative estimate of drug-likeness (QED) is 0.736. The zero-order chi connectivity index (χ0) is 15.7. The molecule has 3 rings (SSSR count). The lowest BCUT2D eigenvalue weighted by molar-refractivity contribution is -0.131. The maximum Gasteiger partial charge on any atom is 0.325 e. The molecule has 3 fully saturated rings. The van der Waals surface area contributed by atoms with Crippen LogP contribution < -0.4 is 5.32 Å². The molecule has 0 aromatic heterocycles. The second-order valence-electron chi connectivity index (χ2n) is 6.87. The molecule has 0 aromatic carbocycles. The first-order valence-electron chi connectivity index (χ1n) is 8.12. The van der Waals surface area contributed by atoms with Crippen molar-refractivity contribution in [2.45, 2.75) is 37.8 Å². The largest absolute Gasteiger partial charge is 0.390 e. The second-order valence-corrected chi connectivity index (χ2v) is 7.97. The summed E-state index contributed by atoms with van der Waals surface area (Å²) < 4.78 is 0. The number of carbonyl (C=O) groups excluding carboxylic acids is 2. The molecular weight excluding hydrogens is 302 g/mol. The number of likely N-dealkylation sites (tertiary alicyclic amines) is 1. The van der Waals surface area contributed by atoms with Crippen LogP contribution in [-0.2, 0) is 4.79 Å². The SMILES string of the molecule is CC1CCN(C[C@@H](O)CN2C(=O)N[C@]3(CCSC3)C2=O)CC1. The Morgan fingerprint density at radius 1 is 1.36 bits per heavy atom. The van der Waals surface area contributed by atoms with Crippen molar-refractivity contribution in [3.8, 4) is 0 Å². The summed E-state index contributed by atoms with van der Waals surface area (Å²) in [6, 6.07) is -0.348. The first-order chi connectivity index (χ1) is 10.5. The fourth-order valence-corrected chi connectivity index (χ4v) is 4.81. The Bertz CT molecular complexity index is 445. The van der Waals surface area contributed by atoms with Crippen LogP contribution in [0.1, 0.15) is 26.2 Å². The van der Waals surface area contributed by atoms with Gasteiger partial charge in [0.05, 0.1) is 12.6 Å². The highest BCUT2D eigenvalue weighted by molar-refractivity contribution is 7.99. The Morgan fingerprint density at radius 2 is 2.09 bits per heavy atom. The molecule has 0 radical (unpaired) electrons. The molecule has 3 saturated heterocycles. The van der Waals surface area contributed by atoms with Crippen LogP contribution in [0.25, 0.3) is 0 Å². The number of nitrogens with one attached hydrogen (secondary N) is 1. The zero-order valence-corrected chi connectivity index (χ0v) is 13.9. The van der Waals surface area contributed by atoms with Crippen LogP contribution in [0.3, 0.4) is 0 Å². The van der Waals surface area contributed by atoms with Crippen molar-refractivity contribution in [1.29, 1.82) is 0 Å². The van der Waals surface area contributed by atoms with Crippen molar-refractivity contribution < 1.29 is 14.7 Å². The van der Waals surface area contributed by atoms with Crippen molar-refractivity contribution in [1.82, 2.24) is 15.1 Å². The number of amides is 3. The number of thioether (sulfide) groups is 1. The van der Waals surface area contributed by atoms with E-state index in [1.807, 2.05) is 0 Å². The van der Waals surface area contributed by atoms with Crippen molar-refractivity contribution in [2.24, 2.45) is 5.92 Å². The lowest BCUT2D eigenvalue weighted by Crippen LogP contribution is -2.48. The van der Waals surface area contributed by atoms with Gasteiger partial charge in [-0.3, -0.25) is 9.69 Å². The molecule has 3 amide bonds. The molecular formula is C15H25N3O3S. The monoisotopic (exact) mass is 327 g/mol. The van der Waals surface area contributed by atoms with Gasteiger partial charge in [-0.25, -0.2) is 4.79 Å². The lowest BCUT2D eigenvalue weighted by Gasteiger charge is -2.32. The molecule has 0 aliphatic carbocycles. The highest BCUT2D eigenvalue weighted by Gasteiger charge is 2.53. The molecule has 2 atom stereocenters. The Hall–Kier alpha value is -0.790. The average molecular weight is 327 g/mol. The molecule has 0 saturated carbocycles. The number of carbonyl (C=O) groups is 2. The molecule has 3 aliphatic rings.